The van der Waals surface area contributed by atoms with E-state index in [9.17, 15) is 14.3 Å². The SMILES string of the molecule is COCCn1c(Cc2ccc(-c3cccc(OCc4cc(F)c(C)cc4OC)n3)cc2F)nc2ccc(C(=O)O)cc21. The Bertz CT molecular complexity index is 1770. The molecule has 42 heavy (non-hydrogen) atoms. The van der Waals surface area contributed by atoms with E-state index in [4.69, 9.17) is 14.2 Å². The molecule has 0 fully saturated rings. The Morgan fingerprint density at radius 3 is 2.52 bits per heavy atom. The zero-order valence-corrected chi connectivity index (χ0v) is 23.4. The molecule has 5 rings (SSSR count). The lowest BCUT2D eigenvalue weighted by Crippen LogP contribution is -2.10. The Hall–Kier alpha value is -4.83. The summed E-state index contributed by atoms with van der Waals surface area (Å²) in [5.41, 5.74) is 3.91. The summed E-state index contributed by atoms with van der Waals surface area (Å²) in [5, 5.41) is 9.41. The number of imidazole rings is 1. The monoisotopic (exact) mass is 573 g/mol. The predicted octanol–water partition coefficient (Wildman–Crippen LogP) is 6.21. The first kappa shape index (κ1) is 28.7. The molecule has 0 saturated carbocycles. The van der Waals surface area contributed by atoms with Crippen molar-refractivity contribution in [1.82, 2.24) is 14.5 Å². The highest BCUT2D eigenvalue weighted by Crippen LogP contribution is 2.27. The van der Waals surface area contributed by atoms with Crippen LogP contribution >= 0.6 is 0 Å². The fourth-order valence-corrected chi connectivity index (χ4v) is 4.70. The summed E-state index contributed by atoms with van der Waals surface area (Å²) < 4.78 is 47.7. The van der Waals surface area contributed by atoms with E-state index in [1.165, 1.54) is 25.3 Å². The minimum absolute atomic E-state index is 0.0438. The molecule has 5 aromatic rings. The highest BCUT2D eigenvalue weighted by Gasteiger charge is 2.16. The van der Waals surface area contributed by atoms with Crippen molar-refractivity contribution in [2.24, 2.45) is 0 Å². The van der Waals surface area contributed by atoms with E-state index in [2.05, 4.69) is 9.97 Å². The van der Waals surface area contributed by atoms with Crippen LogP contribution in [0.15, 0.2) is 66.7 Å². The van der Waals surface area contributed by atoms with Crippen LogP contribution in [0.4, 0.5) is 8.78 Å². The highest BCUT2D eigenvalue weighted by molar-refractivity contribution is 5.92. The molecule has 0 saturated heterocycles. The van der Waals surface area contributed by atoms with Crippen LogP contribution in [-0.4, -0.2) is 46.4 Å². The van der Waals surface area contributed by atoms with Gasteiger partial charge in [0.2, 0.25) is 5.88 Å². The molecule has 0 radical (unpaired) electrons. The summed E-state index contributed by atoms with van der Waals surface area (Å²) >= 11 is 0. The second kappa shape index (κ2) is 12.4. The van der Waals surface area contributed by atoms with Gasteiger partial charge in [0.25, 0.3) is 0 Å². The number of halogens is 2. The molecular formula is C32H29F2N3O5. The van der Waals surface area contributed by atoms with E-state index < -0.39 is 11.8 Å². The van der Waals surface area contributed by atoms with Crippen molar-refractivity contribution in [3.05, 3.63) is 106 Å². The Balaban J connectivity index is 1.37. The van der Waals surface area contributed by atoms with Gasteiger partial charge in [0, 0.05) is 37.3 Å². The number of carboxylic acid groups (broad SMARTS) is 1. The van der Waals surface area contributed by atoms with Gasteiger partial charge in [-0.2, -0.15) is 0 Å². The van der Waals surface area contributed by atoms with Crippen molar-refractivity contribution in [3.8, 4) is 22.9 Å². The Morgan fingerprint density at radius 2 is 1.79 bits per heavy atom. The normalized spacial score (nSPS) is 11.2. The zero-order chi connectivity index (χ0) is 29.8. The minimum Gasteiger partial charge on any atom is -0.496 e. The average molecular weight is 574 g/mol. The van der Waals surface area contributed by atoms with Gasteiger partial charge in [-0.15, -0.1) is 0 Å². The first-order chi connectivity index (χ1) is 20.3. The molecule has 8 nitrogen and oxygen atoms in total. The van der Waals surface area contributed by atoms with Gasteiger partial charge in [-0.25, -0.2) is 23.5 Å². The lowest BCUT2D eigenvalue weighted by Gasteiger charge is -2.12. The van der Waals surface area contributed by atoms with Crippen molar-refractivity contribution >= 4 is 17.0 Å². The van der Waals surface area contributed by atoms with Crippen LogP contribution in [0.25, 0.3) is 22.3 Å². The summed E-state index contributed by atoms with van der Waals surface area (Å²) in [5.74, 6) is -0.421. The number of carboxylic acids is 1. The van der Waals surface area contributed by atoms with Crippen LogP contribution < -0.4 is 9.47 Å². The molecule has 216 valence electrons. The molecule has 0 spiro atoms. The maximum Gasteiger partial charge on any atom is 0.335 e. The molecule has 0 unspecified atom stereocenters. The molecule has 0 atom stereocenters. The molecule has 1 N–H and O–H groups in total. The number of carbonyl (C=O) groups is 1. The zero-order valence-electron chi connectivity index (χ0n) is 23.4. The van der Waals surface area contributed by atoms with Gasteiger partial charge in [0.05, 0.1) is 36.0 Å². The van der Waals surface area contributed by atoms with Crippen molar-refractivity contribution in [2.45, 2.75) is 26.5 Å². The quantitative estimate of drug-likeness (QED) is 0.201. The predicted molar refractivity (Wildman–Crippen MR) is 153 cm³/mol. The molecular weight excluding hydrogens is 544 g/mol. The number of aryl methyl sites for hydroxylation is 1. The Kier molecular flexibility index (Phi) is 8.44. The second-order valence-corrected chi connectivity index (χ2v) is 9.73. The van der Waals surface area contributed by atoms with Crippen LogP contribution in [0.1, 0.15) is 32.9 Å². The van der Waals surface area contributed by atoms with E-state index in [1.807, 2.05) is 4.57 Å². The van der Waals surface area contributed by atoms with Gasteiger partial charge in [0.15, 0.2) is 0 Å². The highest BCUT2D eigenvalue weighted by atomic mass is 19.1. The van der Waals surface area contributed by atoms with Crippen molar-refractivity contribution in [3.63, 3.8) is 0 Å². The fraction of sp³-hybridized carbons (Fsp3) is 0.219. The molecule has 0 aliphatic rings. The third kappa shape index (κ3) is 6.08. The van der Waals surface area contributed by atoms with Crippen LogP contribution in [0.2, 0.25) is 0 Å². The van der Waals surface area contributed by atoms with E-state index in [0.29, 0.717) is 69.6 Å². The number of rotatable bonds is 11. The van der Waals surface area contributed by atoms with Crippen LogP contribution in [0, 0.1) is 18.6 Å². The lowest BCUT2D eigenvalue weighted by atomic mass is 10.1. The summed E-state index contributed by atoms with van der Waals surface area (Å²) in [6, 6.07) is 17.7. The lowest BCUT2D eigenvalue weighted by molar-refractivity contribution is 0.0697. The molecule has 2 aromatic heterocycles. The summed E-state index contributed by atoms with van der Waals surface area (Å²) in [6.07, 6.45) is 0.193. The van der Waals surface area contributed by atoms with E-state index in [-0.39, 0.29) is 24.4 Å². The minimum atomic E-state index is -1.04. The number of aromatic carboxylic acids is 1. The summed E-state index contributed by atoms with van der Waals surface area (Å²) in [6.45, 7) is 2.52. The van der Waals surface area contributed by atoms with Gasteiger partial charge >= 0.3 is 5.97 Å². The number of ether oxygens (including phenoxy) is 3. The van der Waals surface area contributed by atoms with Crippen molar-refractivity contribution < 1.29 is 32.9 Å². The van der Waals surface area contributed by atoms with Crippen molar-refractivity contribution in [2.75, 3.05) is 20.8 Å². The number of fused-ring (bicyclic) bond motifs is 1. The average Bonchev–Trinajstić information content (AvgIpc) is 3.33. The molecule has 0 bridgehead atoms. The number of pyridine rings is 1. The van der Waals surface area contributed by atoms with E-state index >= 15 is 4.39 Å². The molecule has 3 aromatic carbocycles. The maximum atomic E-state index is 15.4. The van der Waals surface area contributed by atoms with Gasteiger partial charge < -0.3 is 23.9 Å². The Labute approximate surface area is 241 Å². The van der Waals surface area contributed by atoms with E-state index in [1.54, 1.807) is 62.6 Å². The van der Waals surface area contributed by atoms with Gasteiger partial charge in [-0.3, -0.25) is 0 Å². The fourth-order valence-electron chi connectivity index (χ4n) is 4.70. The molecule has 0 aliphatic carbocycles. The number of nitrogens with zero attached hydrogens (tertiary/aromatic N) is 3. The Morgan fingerprint density at radius 1 is 0.952 bits per heavy atom. The van der Waals surface area contributed by atoms with Crippen molar-refractivity contribution in [1.29, 1.82) is 0 Å². The number of hydrogen-bond donors (Lipinski definition) is 1. The third-order valence-corrected chi connectivity index (χ3v) is 6.95. The molecule has 10 heteroatoms. The van der Waals surface area contributed by atoms with E-state index in [0.717, 1.165) is 0 Å². The topological polar surface area (TPSA) is 95.7 Å². The number of hydrogen-bond acceptors (Lipinski definition) is 6. The largest absolute Gasteiger partial charge is 0.496 e. The first-order valence-corrected chi connectivity index (χ1v) is 13.2. The molecule has 2 heterocycles. The maximum absolute atomic E-state index is 15.4. The van der Waals surface area contributed by atoms with Crippen LogP contribution in [0.5, 0.6) is 11.6 Å². The number of benzene rings is 3. The molecule has 0 amide bonds. The van der Waals surface area contributed by atoms with Gasteiger partial charge in [-0.1, -0.05) is 18.2 Å². The number of methoxy groups -OCH3 is 2. The molecule has 0 aliphatic heterocycles. The summed E-state index contributed by atoms with van der Waals surface area (Å²) in [4.78, 5) is 20.7. The first-order valence-electron chi connectivity index (χ1n) is 13.2. The smallest absolute Gasteiger partial charge is 0.335 e. The van der Waals surface area contributed by atoms with Crippen LogP contribution in [0.3, 0.4) is 0 Å². The third-order valence-electron chi connectivity index (χ3n) is 6.95. The summed E-state index contributed by atoms with van der Waals surface area (Å²) in [7, 11) is 3.09. The van der Waals surface area contributed by atoms with Gasteiger partial charge in [-0.05, 0) is 60.5 Å². The van der Waals surface area contributed by atoms with Gasteiger partial charge in [0.1, 0.15) is 29.8 Å². The standard InChI is InChI=1S/C32H29F2N3O5/c1-19-13-29(41-3)23(15-24(19)33)18-42-31-6-4-5-26(36-31)21-8-7-20(25(34)14-21)17-30-35-27-10-9-22(32(38)39)16-28(27)37(30)11-12-40-2/h4-10,13-16H,11-12,17-18H2,1-3H3,(H,38,39). The second-order valence-electron chi connectivity index (χ2n) is 9.73. The van der Waals surface area contributed by atoms with Crippen LogP contribution in [-0.2, 0) is 24.3 Å². The number of aromatic nitrogens is 3.